The largest absolute Gasteiger partial charge is 0.478 e. The zero-order valence-electron chi connectivity index (χ0n) is 17.2. The highest BCUT2D eigenvalue weighted by Crippen LogP contribution is 2.34. The number of sulfonamides is 1. The number of benzene rings is 2. The van der Waals surface area contributed by atoms with Crippen LogP contribution in [0.15, 0.2) is 70.7 Å². The highest BCUT2D eigenvalue weighted by molar-refractivity contribution is 7.92. The lowest BCUT2D eigenvalue weighted by molar-refractivity contribution is -0.133. The minimum absolute atomic E-state index is 0.0567. The molecule has 10 heteroatoms. The Bertz CT molecular complexity index is 1330. The van der Waals surface area contributed by atoms with Crippen LogP contribution in [0.25, 0.3) is 0 Å². The summed E-state index contributed by atoms with van der Waals surface area (Å²) in [6.45, 7) is 0.259. The van der Waals surface area contributed by atoms with Crippen molar-refractivity contribution in [3.8, 4) is 0 Å². The fourth-order valence-corrected chi connectivity index (χ4v) is 5.65. The Morgan fingerprint density at radius 3 is 2.70 bits per heavy atom. The second-order valence-corrected chi connectivity index (χ2v) is 9.92. The maximum atomic E-state index is 13.3. The van der Waals surface area contributed by atoms with Gasteiger partial charge in [0.2, 0.25) is 0 Å². The summed E-state index contributed by atoms with van der Waals surface area (Å²) in [5.74, 6) is -1.88. The number of amides is 1. The number of hydrogen-bond acceptors (Lipinski definition) is 5. The van der Waals surface area contributed by atoms with Crippen molar-refractivity contribution in [2.75, 3.05) is 10.8 Å². The lowest BCUT2D eigenvalue weighted by atomic mass is 9.94. The van der Waals surface area contributed by atoms with E-state index < -0.39 is 27.9 Å². The average Bonchev–Trinajstić information content (AvgIpc) is 3.23. The van der Waals surface area contributed by atoms with Crippen molar-refractivity contribution in [1.82, 2.24) is 5.32 Å². The van der Waals surface area contributed by atoms with E-state index in [0.29, 0.717) is 23.4 Å². The minimum atomic E-state index is -3.93. The fraction of sp³-hybridized carbons (Fsp3) is 0.174. The standard InChI is InChI=1S/C23H19ClN2O6S/c24-17-5-7-21-15(11-17)8-9-26(21)33(31,32)18-3-1-2-16(12-18)22(28)25-20-6-4-14(13-27)10-19(20)23(29)30/h1-5,7,10-13,20H,6,8-9H2,(H,25,28)(H,29,30). The number of allylic oxidation sites excluding steroid dienone is 2. The fourth-order valence-electron chi connectivity index (χ4n) is 3.91. The molecule has 0 spiro atoms. The first-order valence-electron chi connectivity index (χ1n) is 10.0. The highest BCUT2D eigenvalue weighted by Gasteiger charge is 2.32. The van der Waals surface area contributed by atoms with Crippen molar-refractivity contribution in [2.24, 2.45) is 0 Å². The molecule has 0 radical (unpaired) electrons. The van der Waals surface area contributed by atoms with Gasteiger partial charge in [-0.3, -0.25) is 13.9 Å². The highest BCUT2D eigenvalue weighted by atomic mass is 35.5. The predicted molar refractivity (Wildman–Crippen MR) is 122 cm³/mol. The van der Waals surface area contributed by atoms with Gasteiger partial charge in [-0.1, -0.05) is 23.7 Å². The van der Waals surface area contributed by atoms with E-state index in [1.165, 1.54) is 40.7 Å². The molecule has 0 bridgehead atoms. The summed E-state index contributed by atoms with van der Waals surface area (Å²) in [5.41, 5.74) is 1.54. The monoisotopic (exact) mass is 486 g/mol. The molecule has 1 atom stereocenters. The number of carboxylic acids is 1. The number of nitrogens with zero attached hydrogens (tertiary/aromatic N) is 1. The molecule has 1 aliphatic heterocycles. The van der Waals surface area contributed by atoms with Gasteiger partial charge in [0.05, 0.1) is 22.2 Å². The number of carbonyl (C=O) groups excluding carboxylic acids is 2. The van der Waals surface area contributed by atoms with Gasteiger partial charge in [0.25, 0.3) is 15.9 Å². The van der Waals surface area contributed by atoms with Crippen LogP contribution in [0, 0.1) is 0 Å². The van der Waals surface area contributed by atoms with Crippen molar-refractivity contribution in [3.63, 3.8) is 0 Å². The topological polar surface area (TPSA) is 121 Å². The summed E-state index contributed by atoms with van der Waals surface area (Å²) in [6, 6.07) is 9.74. The van der Waals surface area contributed by atoms with E-state index in [1.54, 1.807) is 18.2 Å². The smallest absolute Gasteiger partial charge is 0.333 e. The summed E-state index contributed by atoms with van der Waals surface area (Å²) >= 11 is 6.01. The molecule has 8 nitrogen and oxygen atoms in total. The van der Waals surface area contributed by atoms with Crippen molar-refractivity contribution in [3.05, 3.63) is 81.9 Å². The predicted octanol–water partition coefficient (Wildman–Crippen LogP) is 2.73. The Morgan fingerprint density at radius 2 is 1.97 bits per heavy atom. The van der Waals surface area contributed by atoms with Gasteiger partial charge in [0.15, 0.2) is 0 Å². The Morgan fingerprint density at radius 1 is 1.18 bits per heavy atom. The van der Waals surface area contributed by atoms with Gasteiger partial charge in [-0.2, -0.15) is 0 Å². The Hall–Kier alpha value is -3.43. The molecule has 0 fully saturated rings. The van der Waals surface area contributed by atoms with Crippen LogP contribution in [-0.4, -0.2) is 44.3 Å². The van der Waals surface area contributed by atoms with E-state index in [4.69, 9.17) is 11.6 Å². The Kier molecular flexibility index (Phi) is 6.09. The van der Waals surface area contributed by atoms with E-state index in [-0.39, 0.29) is 34.6 Å². The maximum Gasteiger partial charge on any atom is 0.333 e. The van der Waals surface area contributed by atoms with Gasteiger partial charge < -0.3 is 10.4 Å². The number of carbonyl (C=O) groups is 3. The molecule has 170 valence electrons. The molecule has 2 aromatic rings. The number of aldehydes is 1. The number of fused-ring (bicyclic) bond motifs is 1. The minimum Gasteiger partial charge on any atom is -0.478 e. The molecule has 0 aromatic heterocycles. The summed E-state index contributed by atoms with van der Waals surface area (Å²) < 4.78 is 27.9. The van der Waals surface area contributed by atoms with Crippen LogP contribution in [0.5, 0.6) is 0 Å². The molecule has 0 saturated carbocycles. The van der Waals surface area contributed by atoms with Gasteiger partial charge in [-0.15, -0.1) is 0 Å². The van der Waals surface area contributed by atoms with Gasteiger partial charge >= 0.3 is 5.97 Å². The second kappa shape index (κ2) is 8.84. The third kappa shape index (κ3) is 4.42. The summed E-state index contributed by atoms with van der Waals surface area (Å²) in [7, 11) is -3.93. The van der Waals surface area contributed by atoms with Gasteiger partial charge in [0, 0.05) is 22.7 Å². The Labute approximate surface area is 195 Å². The molecule has 4 rings (SSSR count). The molecular formula is C23H19ClN2O6S. The normalized spacial score (nSPS) is 17.6. The number of carboxylic acid groups (broad SMARTS) is 1. The first-order valence-corrected chi connectivity index (χ1v) is 11.8. The molecule has 0 saturated heterocycles. The van der Waals surface area contributed by atoms with Crippen LogP contribution in [0.4, 0.5) is 5.69 Å². The summed E-state index contributed by atoms with van der Waals surface area (Å²) in [6.07, 6.45) is 3.93. The third-order valence-electron chi connectivity index (χ3n) is 5.55. The van der Waals surface area contributed by atoms with E-state index in [0.717, 1.165) is 5.56 Å². The lowest BCUT2D eigenvalue weighted by Gasteiger charge is -2.22. The van der Waals surface area contributed by atoms with Crippen LogP contribution in [-0.2, 0) is 26.0 Å². The quantitative estimate of drug-likeness (QED) is 0.605. The number of halogens is 1. The third-order valence-corrected chi connectivity index (χ3v) is 7.60. The molecule has 2 aliphatic rings. The van der Waals surface area contributed by atoms with Gasteiger partial charge in [0.1, 0.15) is 6.29 Å². The molecule has 1 heterocycles. The van der Waals surface area contributed by atoms with Crippen LogP contribution in [0.3, 0.4) is 0 Å². The number of nitrogens with one attached hydrogen (secondary N) is 1. The molecule has 2 aromatic carbocycles. The molecule has 1 aliphatic carbocycles. The molecule has 1 unspecified atom stereocenters. The van der Waals surface area contributed by atoms with E-state index >= 15 is 0 Å². The molecule has 2 N–H and O–H groups in total. The van der Waals surface area contributed by atoms with E-state index in [2.05, 4.69) is 5.32 Å². The second-order valence-electron chi connectivity index (χ2n) is 7.62. The zero-order chi connectivity index (χ0) is 23.8. The SMILES string of the molecule is O=CC1=CCC(NC(=O)c2cccc(S(=O)(=O)N3CCc4cc(Cl)ccc43)c2)C(C(=O)O)=C1. The van der Waals surface area contributed by atoms with E-state index in [9.17, 15) is 27.9 Å². The first kappa shape index (κ1) is 22.8. The van der Waals surface area contributed by atoms with Crippen LogP contribution in [0.1, 0.15) is 22.3 Å². The summed E-state index contributed by atoms with van der Waals surface area (Å²) in [4.78, 5) is 35.3. The molecule has 33 heavy (non-hydrogen) atoms. The van der Waals surface area contributed by atoms with Crippen molar-refractivity contribution in [1.29, 1.82) is 0 Å². The summed E-state index contributed by atoms with van der Waals surface area (Å²) in [5, 5.41) is 12.6. The zero-order valence-corrected chi connectivity index (χ0v) is 18.8. The van der Waals surface area contributed by atoms with Crippen LogP contribution in [0.2, 0.25) is 5.02 Å². The number of anilines is 1. The number of rotatable bonds is 6. The molecular weight excluding hydrogens is 468 g/mol. The van der Waals surface area contributed by atoms with E-state index in [1.807, 2.05) is 0 Å². The van der Waals surface area contributed by atoms with Crippen molar-refractivity contribution < 1.29 is 27.9 Å². The number of hydrogen-bond donors (Lipinski definition) is 2. The van der Waals surface area contributed by atoms with Gasteiger partial charge in [-0.25, -0.2) is 13.2 Å². The first-order chi connectivity index (χ1) is 15.7. The van der Waals surface area contributed by atoms with Crippen molar-refractivity contribution >= 4 is 45.5 Å². The van der Waals surface area contributed by atoms with Crippen LogP contribution < -0.4 is 9.62 Å². The van der Waals surface area contributed by atoms with Gasteiger partial charge in [-0.05, 0) is 60.9 Å². The molecule has 1 amide bonds. The van der Waals surface area contributed by atoms with Crippen molar-refractivity contribution in [2.45, 2.75) is 23.8 Å². The Balaban J connectivity index is 1.58. The number of aliphatic carboxylic acids is 1. The van der Waals surface area contributed by atoms with Crippen LogP contribution >= 0.6 is 11.6 Å². The average molecular weight is 487 g/mol. The lowest BCUT2D eigenvalue weighted by Crippen LogP contribution is -2.39. The maximum absolute atomic E-state index is 13.3.